The summed E-state index contributed by atoms with van der Waals surface area (Å²) in [5.74, 6) is 5.60. The van der Waals surface area contributed by atoms with Crippen LogP contribution in [0.1, 0.15) is 96.3 Å². The maximum absolute atomic E-state index is 10.0. The molecule has 4 aliphatic rings. The van der Waals surface area contributed by atoms with E-state index in [1.807, 2.05) is 0 Å². The Balaban J connectivity index is 1.53. The summed E-state index contributed by atoms with van der Waals surface area (Å²) in [6.45, 7) is 0. The zero-order valence-electron chi connectivity index (χ0n) is 16.1. The van der Waals surface area contributed by atoms with Crippen molar-refractivity contribution >= 4 is 0 Å². The summed E-state index contributed by atoms with van der Waals surface area (Å²) >= 11 is 0. The molecule has 3 unspecified atom stereocenters. The zero-order valence-corrected chi connectivity index (χ0v) is 16.1. The van der Waals surface area contributed by atoms with E-state index in [-0.39, 0.29) is 12.2 Å². The van der Waals surface area contributed by atoms with Crippen LogP contribution in [0.15, 0.2) is 0 Å². The van der Waals surface area contributed by atoms with Gasteiger partial charge < -0.3 is 10.2 Å². The Bertz CT molecular complexity index is 382. The summed E-state index contributed by atoms with van der Waals surface area (Å²) in [7, 11) is 0. The topological polar surface area (TPSA) is 40.5 Å². The molecule has 2 nitrogen and oxygen atoms in total. The molecule has 4 fully saturated rings. The molecule has 3 atom stereocenters. The van der Waals surface area contributed by atoms with Crippen molar-refractivity contribution in [3.8, 4) is 0 Å². The summed E-state index contributed by atoms with van der Waals surface area (Å²) in [5.41, 5.74) is 0. The van der Waals surface area contributed by atoms with Crippen molar-refractivity contribution < 1.29 is 10.2 Å². The van der Waals surface area contributed by atoms with Crippen LogP contribution in [0.4, 0.5) is 0 Å². The molecule has 0 radical (unpaired) electrons. The van der Waals surface area contributed by atoms with E-state index in [1.54, 1.807) is 0 Å². The quantitative estimate of drug-likeness (QED) is 0.725. The van der Waals surface area contributed by atoms with E-state index in [1.165, 1.54) is 70.6 Å². The average Bonchev–Trinajstić information content (AvgIpc) is 2.65. The lowest BCUT2D eigenvalue weighted by Crippen LogP contribution is -2.43. The van der Waals surface area contributed by atoms with Crippen molar-refractivity contribution in [2.75, 3.05) is 0 Å². The Morgan fingerprint density at radius 1 is 0.520 bits per heavy atom. The van der Waals surface area contributed by atoms with Crippen molar-refractivity contribution in [3.63, 3.8) is 0 Å². The van der Waals surface area contributed by atoms with Gasteiger partial charge in [-0.3, -0.25) is 0 Å². The normalized spacial score (nSPS) is 47.0. The lowest BCUT2D eigenvalue weighted by molar-refractivity contribution is -0.0273. The Morgan fingerprint density at radius 2 is 1.04 bits per heavy atom. The summed E-state index contributed by atoms with van der Waals surface area (Å²) in [4.78, 5) is 0. The lowest BCUT2D eigenvalue weighted by Gasteiger charge is -2.51. The van der Waals surface area contributed by atoms with Crippen molar-refractivity contribution in [1.82, 2.24) is 0 Å². The fourth-order valence-corrected chi connectivity index (χ4v) is 7.52. The monoisotopic (exact) mass is 348 g/mol. The molecule has 4 aliphatic carbocycles. The zero-order chi connectivity index (χ0) is 17.2. The van der Waals surface area contributed by atoms with Gasteiger partial charge in [0.05, 0.1) is 12.2 Å². The minimum Gasteiger partial charge on any atom is -0.393 e. The molecule has 4 rings (SSSR count). The highest BCUT2D eigenvalue weighted by molar-refractivity contribution is 4.95. The smallest absolute Gasteiger partial charge is 0.0540 e. The molecular formula is C23H40O2. The van der Waals surface area contributed by atoms with Gasteiger partial charge in [0.25, 0.3) is 0 Å². The first kappa shape index (κ1) is 18.3. The first-order chi connectivity index (χ1) is 12.2. The van der Waals surface area contributed by atoms with Gasteiger partial charge in [0.1, 0.15) is 0 Å². The molecule has 25 heavy (non-hydrogen) atoms. The second-order valence-electron chi connectivity index (χ2n) is 10.0. The van der Waals surface area contributed by atoms with E-state index < -0.39 is 0 Å². The molecule has 0 heterocycles. The van der Waals surface area contributed by atoms with Crippen LogP contribution in [0.25, 0.3) is 0 Å². The molecule has 2 N–H and O–H groups in total. The maximum Gasteiger partial charge on any atom is 0.0540 e. The van der Waals surface area contributed by atoms with E-state index in [0.29, 0.717) is 0 Å². The van der Waals surface area contributed by atoms with E-state index in [4.69, 9.17) is 0 Å². The molecule has 0 amide bonds. The van der Waals surface area contributed by atoms with Crippen molar-refractivity contribution in [2.45, 2.75) is 109 Å². The Hall–Kier alpha value is -0.0800. The highest BCUT2D eigenvalue weighted by Crippen LogP contribution is 2.53. The first-order valence-electron chi connectivity index (χ1n) is 11.6. The van der Waals surface area contributed by atoms with Gasteiger partial charge in [-0.1, -0.05) is 32.1 Å². The Labute approximate surface area is 154 Å². The lowest BCUT2D eigenvalue weighted by atomic mass is 9.55. The van der Waals surface area contributed by atoms with Crippen LogP contribution < -0.4 is 0 Å². The van der Waals surface area contributed by atoms with E-state index in [2.05, 4.69) is 0 Å². The number of aliphatic hydroxyl groups excluding tert-OH is 2. The minimum atomic E-state index is -0.0288. The predicted octanol–water partition coefficient (Wildman–Crippen LogP) is 5.31. The van der Waals surface area contributed by atoms with E-state index >= 15 is 0 Å². The van der Waals surface area contributed by atoms with E-state index in [0.717, 1.165) is 61.2 Å². The van der Waals surface area contributed by atoms with Gasteiger partial charge in [-0.15, -0.1) is 0 Å². The number of hydrogen-bond donors (Lipinski definition) is 2. The van der Waals surface area contributed by atoms with Crippen LogP contribution in [-0.4, -0.2) is 22.4 Å². The third-order valence-corrected chi connectivity index (χ3v) is 8.70. The fraction of sp³-hybridized carbons (Fsp3) is 1.00. The second kappa shape index (κ2) is 8.30. The highest BCUT2D eigenvalue weighted by Gasteiger charge is 2.45. The van der Waals surface area contributed by atoms with Gasteiger partial charge in [-0.25, -0.2) is 0 Å². The predicted molar refractivity (Wildman–Crippen MR) is 102 cm³/mol. The van der Waals surface area contributed by atoms with Crippen LogP contribution >= 0.6 is 0 Å². The van der Waals surface area contributed by atoms with Gasteiger partial charge in [-0.05, 0) is 99.7 Å². The molecule has 0 aliphatic heterocycles. The van der Waals surface area contributed by atoms with Crippen molar-refractivity contribution in [3.05, 3.63) is 0 Å². The van der Waals surface area contributed by atoms with Crippen LogP contribution in [0.3, 0.4) is 0 Å². The minimum absolute atomic E-state index is 0.0288. The van der Waals surface area contributed by atoms with Crippen LogP contribution in [-0.2, 0) is 0 Å². The van der Waals surface area contributed by atoms with Gasteiger partial charge >= 0.3 is 0 Å². The van der Waals surface area contributed by atoms with Gasteiger partial charge in [-0.2, -0.15) is 0 Å². The summed E-state index contributed by atoms with van der Waals surface area (Å²) in [6.07, 6.45) is 19.5. The second-order valence-corrected chi connectivity index (χ2v) is 10.0. The summed E-state index contributed by atoms with van der Waals surface area (Å²) in [6, 6.07) is 0. The molecule has 0 saturated heterocycles. The summed E-state index contributed by atoms with van der Waals surface area (Å²) < 4.78 is 0. The fourth-order valence-electron chi connectivity index (χ4n) is 7.52. The molecule has 0 bridgehead atoms. The number of hydrogen-bond acceptors (Lipinski definition) is 2. The van der Waals surface area contributed by atoms with Crippen LogP contribution in [0, 0.1) is 35.5 Å². The third-order valence-electron chi connectivity index (χ3n) is 8.70. The SMILES string of the molecule is OC1CCC(C(C2CCC(O)CC2)C2CCCC3CCCCC32)CC1. The molecule has 0 aromatic rings. The molecule has 0 aromatic carbocycles. The maximum atomic E-state index is 10.0. The van der Waals surface area contributed by atoms with Crippen molar-refractivity contribution in [1.29, 1.82) is 0 Å². The molecule has 0 spiro atoms. The van der Waals surface area contributed by atoms with Crippen LogP contribution in [0.2, 0.25) is 0 Å². The first-order valence-corrected chi connectivity index (χ1v) is 11.6. The Kier molecular flexibility index (Phi) is 6.07. The highest BCUT2D eigenvalue weighted by atomic mass is 16.3. The molecule has 0 aromatic heterocycles. The summed E-state index contributed by atoms with van der Waals surface area (Å²) in [5, 5.41) is 20.0. The standard InChI is InChI=1S/C23H40O2/c24-19-12-8-17(9-13-19)23(18-10-14-20(25)15-11-18)22-7-3-5-16-4-1-2-6-21(16)22/h16-25H,1-15H2. The number of rotatable bonds is 3. The van der Waals surface area contributed by atoms with Gasteiger partial charge in [0.2, 0.25) is 0 Å². The molecule has 144 valence electrons. The molecule has 4 saturated carbocycles. The Morgan fingerprint density at radius 3 is 1.64 bits per heavy atom. The number of aliphatic hydroxyl groups is 2. The third kappa shape index (κ3) is 4.10. The van der Waals surface area contributed by atoms with Crippen molar-refractivity contribution in [2.24, 2.45) is 35.5 Å². The van der Waals surface area contributed by atoms with E-state index in [9.17, 15) is 10.2 Å². The number of fused-ring (bicyclic) bond motifs is 1. The average molecular weight is 349 g/mol. The molecular weight excluding hydrogens is 308 g/mol. The van der Waals surface area contributed by atoms with Crippen LogP contribution in [0.5, 0.6) is 0 Å². The molecule has 2 heteroatoms. The van der Waals surface area contributed by atoms with Gasteiger partial charge in [0.15, 0.2) is 0 Å². The van der Waals surface area contributed by atoms with Gasteiger partial charge in [0, 0.05) is 0 Å². The largest absolute Gasteiger partial charge is 0.393 e.